The van der Waals surface area contributed by atoms with Gasteiger partial charge in [-0.25, -0.2) is 0 Å². The Labute approximate surface area is 94.8 Å². The number of aliphatic hydroxyl groups excluding tert-OH is 1. The van der Waals surface area contributed by atoms with Crippen molar-refractivity contribution in [3.05, 3.63) is 71.3 Å². The largest absolute Gasteiger partial charge is 0.364 e. The van der Waals surface area contributed by atoms with Crippen molar-refractivity contribution in [2.45, 2.75) is 12.7 Å². The highest BCUT2D eigenvalue weighted by Gasteiger charge is 2.03. The third kappa shape index (κ3) is 2.69. The Hall–Kier alpha value is -1.64. The van der Waals surface area contributed by atoms with Crippen molar-refractivity contribution in [2.75, 3.05) is 0 Å². The fourth-order valence-electron chi connectivity index (χ4n) is 1.70. The van der Waals surface area contributed by atoms with Crippen LogP contribution < -0.4 is 0 Å². The highest BCUT2D eigenvalue weighted by Crippen LogP contribution is 2.15. The number of rotatable bonds is 3. The summed E-state index contributed by atoms with van der Waals surface area (Å²) in [7, 11) is 0. The summed E-state index contributed by atoms with van der Waals surface area (Å²) in [5, 5.41) is 18.1. The summed E-state index contributed by atoms with van der Waals surface area (Å²) in [5.74, 6) is 0. The van der Waals surface area contributed by atoms with E-state index < -0.39 is 6.29 Å². The highest BCUT2D eigenvalue weighted by molar-refractivity contribution is 5.29. The summed E-state index contributed by atoms with van der Waals surface area (Å²) >= 11 is 0. The Morgan fingerprint density at radius 3 is 2.19 bits per heavy atom. The summed E-state index contributed by atoms with van der Waals surface area (Å²) in [6.45, 7) is 0. The summed E-state index contributed by atoms with van der Waals surface area (Å²) in [6.07, 6.45) is -0.586. The first-order valence-electron chi connectivity index (χ1n) is 5.24. The first kappa shape index (κ1) is 10.9. The van der Waals surface area contributed by atoms with Crippen molar-refractivity contribution in [1.29, 1.82) is 0 Å². The van der Waals surface area contributed by atoms with Crippen LogP contribution in [-0.2, 0) is 6.42 Å². The number of benzene rings is 2. The van der Waals surface area contributed by atoms with E-state index in [1.807, 2.05) is 36.4 Å². The SMILES string of the molecule is OC(O)c1cccc(Cc2ccccc2)c1. The molecule has 0 aromatic heterocycles. The molecule has 0 aliphatic heterocycles. The Bertz CT molecular complexity index is 449. The van der Waals surface area contributed by atoms with E-state index >= 15 is 0 Å². The quantitative estimate of drug-likeness (QED) is 0.769. The molecule has 2 N–H and O–H groups in total. The lowest BCUT2D eigenvalue weighted by molar-refractivity contribution is -0.0425. The van der Waals surface area contributed by atoms with Gasteiger partial charge in [0.1, 0.15) is 0 Å². The zero-order chi connectivity index (χ0) is 11.4. The zero-order valence-corrected chi connectivity index (χ0v) is 8.88. The first-order chi connectivity index (χ1) is 7.75. The van der Waals surface area contributed by atoms with Crippen LogP contribution in [-0.4, -0.2) is 10.2 Å². The van der Waals surface area contributed by atoms with Gasteiger partial charge >= 0.3 is 0 Å². The van der Waals surface area contributed by atoms with Crippen LogP contribution >= 0.6 is 0 Å². The molecule has 0 spiro atoms. The molecule has 2 aromatic rings. The monoisotopic (exact) mass is 214 g/mol. The van der Waals surface area contributed by atoms with Crippen molar-refractivity contribution < 1.29 is 10.2 Å². The Morgan fingerprint density at radius 2 is 1.50 bits per heavy atom. The summed E-state index contributed by atoms with van der Waals surface area (Å²) in [5.41, 5.74) is 2.83. The van der Waals surface area contributed by atoms with Gasteiger partial charge in [-0.2, -0.15) is 0 Å². The maximum absolute atomic E-state index is 9.07. The molecule has 0 bridgehead atoms. The summed E-state index contributed by atoms with van der Waals surface area (Å²) in [6, 6.07) is 17.4. The van der Waals surface area contributed by atoms with Crippen molar-refractivity contribution in [1.82, 2.24) is 0 Å². The summed E-state index contributed by atoms with van der Waals surface area (Å²) < 4.78 is 0. The molecule has 0 fully saturated rings. The van der Waals surface area contributed by atoms with Gasteiger partial charge in [0.2, 0.25) is 0 Å². The van der Waals surface area contributed by atoms with Crippen LogP contribution in [0.2, 0.25) is 0 Å². The van der Waals surface area contributed by atoms with Crippen LogP contribution in [0.5, 0.6) is 0 Å². The number of hydrogen-bond acceptors (Lipinski definition) is 2. The molecule has 2 nitrogen and oxygen atoms in total. The molecule has 2 rings (SSSR count). The first-order valence-corrected chi connectivity index (χ1v) is 5.24. The lowest BCUT2D eigenvalue weighted by Crippen LogP contribution is -1.96. The normalized spacial score (nSPS) is 10.7. The van der Waals surface area contributed by atoms with Gasteiger partial charge in [-0.1, -0.05) is 54.6 Å². The second-order valence-electron chi connectivity index (χ2n) is 3.78. The smallest absolute Gasteiger partial charge is 0.178 e. The van der Waals surface area contributed by atoms with Crippen LogP contribution in [0.1, 0.15) is 23.0 Å². The van der Waals surface area contributed by atoms with Crippen molar-refractivity contribution in [2.24, 2.45) is 0 Å². The van der Waals surface area contributed by atoms with E-state index in [0.29, 0.717) is 5.56 Å². The molecule has 0 unspecified atom stereocenters. The molecule has 0 aliphatic carbocycles. The molecule has 0 saturated carbocycles. The van der Waals surface area contributed by atoms with E-state index in [1.54, 1.807) is 6.07 Å². The molecule has 16 heavy (non-hydrogen) atoms. The maximum Gasteiger partial charge on any atom is 0.178 e. The van der Waals surface area contributed by atoms with E-state index in [0.717, 1.165) is 12.0 Å². The van der Waals surface area contributed by atoms with Gasteiger partial charge in [0.15, 0.2) is 6.29 Å². The van der Waals surface area contributed by atoms with Crippen LogP contribution in [0.25, 0.3) is 0 Å². The van der Waals surface area contributed by atoms with Crippen molar-refractivity contribution in [3.63, 3.8) is 0 Å². The van der Waals surface area contributed by atoms with E-state index in [-0.39, 0.29) is 0 Å². The molecular formula is C14H14O2. The Balaban J connectivity index is 2.19. The summed E-state index contributed by atoms with van der Waals surface area (Å²) in [4.78, 5) is 0. The Morgan fingerprint density at radius 1 is 0.812 bits per heavy atom. The molecule has 2 heteroatoms. The molecule has 0 aliphatic rings. The van der Waals surface area contributed by atoms with E-state index in [2.05, 4.69) is 12.1 Å². The van der Waals surface area contributed by atoms with Crippen LogP contribution in [0.3, 0.4) is 0 Å². The second kappa shape index (κ2) is 4.92. The predicted octanol–water partition coefficient (Wildman–Crippen LogP) is 2.26. The van der Waals surface area contributed by atoms with Gasteiger partial charge in [-0.3, -0.25) is 0 Å². The molecule has 0 amide bonds. The van der Waals surface area contributed by atoms with Gasteiger partial charge < -0.3 is 10.2 Å². The van der Waals surface area contributed by atoms with Gasteiger partial charge in [0.25, 0.3) is 0 Å². The van der Waals surface area contributed by atoms with E-state index in [4.69, 9.17) is 10.2 Å². The standard InChI is InChI=1S/C14H14O2/c15-14(16)13-8-4-7-12(10-13)9-11-5-2-1-3-6-11/h1-8,10,14-16H,9H2. The lowest BCUT2D eigenvalue weighted by Gasteiger charge is -2.06. The molecule has 0 atom stereocenters. The minimum absolute atomic E-state index is 0.536. The van der Waals surface area contributed by atoms with Crippen molar-refractivity contribution >= 4 is 0 Å². The van der Waals surface area contributed by atoms with Crippen LogP contribution in [0.4, 0.5) is 0 Å². The minimum atomic E-state index is -1.39. The van der Waals surface area contributed by atoms with Gasteiger partial charge in [0, 0.05) is 5.56 Å². The molecule has 82 valence electrons. The predicted molar refractivity (Wildman–Crippen MR) is 62.9 cm³/mol. The van der Waals surface area contributed by atoms with Gasteiger partial charge in [0.05, 0.1) is 0 Å². The van der Waals surface area contributed by atoms with E-state index in [1.165, 1.54) is 5.56 Å². The van der Waals surface area contributed by atoms with Crippen LogP contribution in [0, 0.1) is 0 Å². The minimum Gasteiger partial charge on any atom is -0.364 e. The lowest BCUT2D eigenvalue weighted by atomic mass is 10.0. The second-order valence-corrected chi connectivity index (χ2v) is 3.78. The fraction of sp³-hybridized carbons (Fsp3) is 0.143. The number of hydrogen-bond donors (Lipinski definition) is 2. The van der Waals surface area contributed by atoms with Gasteiger partial charge in [-0.05, 0) is 17.5 Å². The Kier molecular flexibility index (Phi) is 3.34. The average molecular weight is 214 g/mol. The molecule has 0 heterocycles. The molecule has 2 aromatic carbocycles. The fourth-order valence-corrected chi connectivity index (χ4v) is 1.70. The average Bonchev–Trinajstić information content (AvgIpc) is 2.30. The van der Waals surface area contributed by atoms with Crippen LogP contribution in [0.15, 0.2) is 54.6 Å². The highest BCUT2D eigenvalue weighted by atomic mass is 16.5. The third-order valence-electron chi connectivity index (χ3n) is 2.50. The number of aliphatic hydroxyl groups is 2. The van der Waals surface area contributed by atoms with E-state index in [9.17, 15) is 0 Å². The maximum atomic E-state index is 9.07. The van der Waals surface area contributed by atoms with Gasteiger partial charge in [-0.15, -0.1) is 0 Å². The molecule has 0 saturated heterocycles. The zero-order valence-electron chi connectivity index (χ0n) is 8.88. The topological polar surface area (TPSA) is 40.5 Å². The molecular weight excluding hydrogens is 200 g/mol. The molecule has 0 radical (unpaired) electrons. The van der Waals surface area contributed by atoms with Crippen molar-refractivity contribution in [3.8, 4) is 0 Å². The third-order valence-corrected chi connectivity index (χ3v) is 2.50.